The lowest BCUT2D eigenvalue weighted by Crippen LogP contribution is -2.08. The summed E-state index contributed by atoms with van der Waals surface area (Å²) < 4.78 is 6.56. The fraction of sp³-hybridized carbons (Fsp3) is 0.636. The maximum atomic E-state index is 6.12. The van der Waals surface area contributed by atoms with E-state index in [2.05, 4.69) is 39.5 Å². The molecule has 1 aliphatic heterocycles. The standard InChI is InChI=1S/C11H14ClIN2O/c1-2-4-7-9(13)10(12)15-11(14-7)8-5-3-6-16-8/h8H,2-6H2,1H3. The molecule has 0 radical (unpaired) electrons. The van der Waals surface area contributed by atoms with Crippen LogP contribution in [-0.2, 0) is 11.2 Å². The molecule has 0 amide bonds. The van der Waals surface area contributed by atoms with Crippen molar-refractivity contribution in [3.05, 3.63) is 20.2 Å². The molecule has 1 aromatic heterocycles. The van der Waals surface area contributed by atoms with Gasteiger partial charge in [-0.25, -0.2) is 9.97 Å². The van der Waals surface area contributed by atoms with Crippen LogP contribution in [0.5, 0.6) is 0 Å². The van der Waals surface area contributed by atoms with Crippen LogP contribution in [0.2, 0.25) is 5.15 Å². The van der Waals surface area contributed by atoms with E-state index in [9.17, 15) is 0 Å². The van der Waals surface area contributed by atoms with E-state index in [-0.39, 0.29) is 6.10 Å². The molecule has 1 fully saturated rings. The van der Waals surface area contributed by atoms with Crippen molar-refractivity contribution in [2.75, 3.05) is 6.61 Å². The maximum absolute atomic E-state index is 6.12. The van der Waals surface area contributed by atoms with Gasteiger partial charge in [-0.3, -0.25) is 0 Å². The summed E-state index contributed by atoms with van der Waals surface area (Å²) in [6, 6.07) is 0. The molecule has 1 atom stereocenters. The summed E-state index contributed by atoms with van der Waals surface area (Å²) >= 11 is 8.33. The zero-order chi connectivity index (χ0) is 11.5. The number of rotatable bonds is 3. The van der Waals surface area contributed by atoms with Crippen molar-refractivity contribution in [1.82, 2.24) is 9.97 Å². The lowest BCUT2D eigenvalue weighted by atomic mass is 10.2. The molecule has 0 aliphatic carbocycles. The SMILES string of the molecule is CCCc1nc(C2CCCO2)nc(Cl)c1I. The van der Waals surface area contributed by atoms with Gasteiger partial charge in [0.15, 0.2) is 5.82 Å². The Morgan fingerprint density at radius 2 is 2.31 bits per heavy atom. The van der Waals surface area contributed by atoms with E-state index in [1.807, 2.05) is 0 Å². The predicted molar refractivity (Wildman–Crippen MR) is 71.7 cm³/mol. The Hall–Kier alpha value is 0.0600. The second-order valence-electron chi connectivity index (χ2n) is 3.88. The molecule has 0 N–H and O–H groups in total. The molecule has 0 spiro atoms. The van der Waals surface area contributed by atoms with Crippen LogP contribution in [-0.4, -0.2) is 16.6 Å². The van der Waals surface area contributed by atoms with Crippen LogP contribution >= 0.6 is 34.2 Å². The fourth-order valence-electron chi connectivity index (χ4n) is 1.81. The number of aryl methyl sites for hydroxylation is 1. The Morgan fingerprint density at radius 1 is 1.50 bits per heavy atom. The van der Waals surface area contributed by atoms with Crippen molar-refractivity contribution in [3.8, 4) is 0 Å². The van der Waals surface area contributed by atoms with Crippen LogP contribution in [0, 0.1) is 3.57 Å². The molecule has 2 rings (SSSR count). The monoisotopic (exact) mass is 352 g/mol. The summed E-state index contributed by atoms with van der Waals surface area (Å²) in [6.07, 6.45) is 4.14. The Kier molecular flexibility index (Phi) is 4.38. The minimum atomic E-state index is 0.0464. The molecule has 1 aromatic rings. The van der Waals surface area contributed by atoms with Gasteiger partial charge in [0.1, 0.15) is 11.3 Å². The molecule has 5 heteroatoms. The lowest BCUT2D eigenvalue weighted by molar-refractivity contribution is 0.105. The van der Waals surface area contributed by atoms with Crippen LogP contribution in [0.4, 0.5) is 0 Å². The number of halogens is 2. The van der Waals surface area contributed by atoms with E-state index < -0.39 is 0 Å². The average Bonchev–Trinajstić information content (AvgIpc) is 2.78. The first-order valence-electron chi connectivity index (χ1n) is 5.55. The van der Waals surface area contributed by atoms with E-state index in [1.54, 1.807) is 0 Å². The molecule has 0 saturated carbocycles. The summed E-state index contributed by atoms with van der Waals surface area (Å²) in [5.74, 6) is 0.756. The van der Waals surface area contributed by atoms with E-state index >= 15 is 0 Å². The highest BCUT2D eigenvalue weighted by Gasteiger charge is 2.22. The second kappa shape index (κ2) is 5.60. The first-order chi connectivity index (χ1) is 7.72. The highest BCUT2D eigenvalue weighted by Crippen LogP contribution is 2.29. The summed E-state index contributed by atoms with van der Waals surface area (Å²) in [7, 11) is 0. The molecule has 1 aliphatic rings. The Bertz CT molecular complexity index is 380. The molecule has 0 aromatic carbocycles. The molecular formula is C11H14ClIN2O. The summed E-state index contributed by atoms with van der Waals surface area (Å²) in [6.45, 7) is 2.94. The minimum Gasteiger partial charge on any atom is -0.370 e. The minimum absolute atomic E-state index is 0.0464. The first kappa shape index (κ1) is 12.5. The van der Waals surface area contributed by atoms with Crippen molar-refractivity contribution >= 4 is 34.2 Å². The van der Waals surface area contributed by atoms with Gasteiger partial charge in [-0.1, -0.05) is 24.9 Å². The number of hydrogen-bond donors (Lipinski definition) is 0. The third-order valence-corrected chi connectivity index (χ3v) is 4.33. The lowest BCUT2D eigenvalue weighted by Gasteiger charge is -2.11. The van der Waals surface area contributed by atoms with Crippen LogP contribution < -0.4 is 0 Å². The molecule has 0 bridgehead atoms. The van der Waals surface area contributed by atoms with Crippen molar-refractivity contribution in [2.45, 2.75) is 38.7 Å². The highest BCUT2D eigenvalue weighted by atomic mass is 127. The van der Waals surface area contributed by atoms with Gasteiger partial charge < -0.3 is 4.74 Å². The van der Waals surface area contributed by atoms with E-state index in [1.165, 1.54) is 0 Å². The number of hydrogen-bond acceptors (Lipinski definition) is 3. The quantitative estimate of drug-likeness (QED) is 0.616. The number of aromatic nitrogens is 2. The van der Waals surface area contributed by atoms with Gasteiger partial charge in [-0.15, -0.1) is 0 Å². The fourth-order valence-corrected chi connectivity index (χ4v) is 2.52. The van der Waals surface area contributed by atoms with Crippen molar-refractivity contribution in [2.24, 2.45) is 0 Å². The smallest absolute Gasteiger partial charge is 0.159 e. The van der Waals surface area contributed by atoms with Crippen LogP contribution in [0.15, 0.2) is 0 Å². The Labute approximate surface area is 114 Å². The van der Waals surface area contributed by atoms with Gasteiger partial charge >= 0.3 is 0 Å². The summed E-state index contributed by atoms with van der Waals surface area (Å²) in [4.78, 5) is 8.90. The third kappa shape index (κ3) is 2.65. The molecule has 1 unspecified atom stereocenters. The zero-order valence-electron chi connectivity index (χ0n) is 9.17. The first-order valence-corrected chi connectivity index (χ1v) is 7.01. The Morgan fingerprint density at radius 3 is 2.94 bits per heavy atom. The normalized spacial score (nSPS) is 20.3. The maximum Gasteiger partial charge on any atom is 0.159 e. The molecule has 88 valence electrons. The summed E-state index contributed by atoms with van der Waals surface area (Å²) in [5, 5.41) is 0.560. The zero-order valence-corrected chi connectivity index (χ0v) is 12.1. The van der Waals surface area contributed by atoms with E-state index in [0.29, 0.717) is 5.15 Å². The molecule has 1 saturated heterocycles. The van der Waals surface area contributed by atoms with Crippen molar-refractivity contribution < 1.29 is 4.74 Å². The highest BCUT2D eigenvalue weighted by molar-refractivity contribution is 14.1. The summed E-state index contributed by atoms with van der Waals surface area (Å²) in [5.41, 5.74) is 1.05. The van der Waals surface area contributed by atoms with Gasteiger partial charge in [0.25, 0.3) is 0 Å². The van der Waals surface area contributed by atoms with Gasteiger partial charge in [0, 0.05) is 6.61 Å². The van der Waals surface area contributed by atoms with Crippen LogP contribution in [0.25, 0.3) is 0 Å². The second-order valence-corrected chi connectivity index (χ2v) is 5.32. The number of ether oxygens (including phenoxy) is 1. The average molecular weight is 353 g/mol. The Balaban J connectivity index is 2.31. The van der Waals surface area contributed by atoms with Crippen LogP contribution in [0.1, 0.15) is 43.8 Å². The van der Waals surface area contributed by atoms with Gasteiger partial charge in [0.05, 0.1) is 9.26 Å². The van der Waals surface area contributed by atoms with Crippen molar-refractivity contribution in [3.63, 3.8) is 0 Å². The van der Waals surface area contributed by atoms with Gasteiger partial charge in [0.2, 0.25) is 0 Å². The molecular weight excluding hydrogens is 338 g/mol. The topological polar surface area (TPSA) is 35.0 Å². The predicted octanol–water partition coefficient (Wildman–Crippen LogP) is 3.54. The molecule has 16 heavy (non-hydrogen) atoms. The molecule has 3 nitrogen and oxygen atoms in total. The molecule has 2 heterocycles. The van der Waals surface area contributed by atoms with Gasteiger partial charge in [-0.05, 0) is 41.9 Å². The van der Waals surface area contributed by atoms with Crippen LogP contribution in [0.3, 0.4) is 0 Å². The third-order valence-electron chi connectivity index (χ3n) is 2.60. The number of nitrogens with zero attached hydrogens (tertiary/aromatic N) is 2. The van der Waals surface area contributed by atoms with Gasteiger partial charge in [-0.2, -0.15) is 0 Å². The largest absolute Gasteiger partial charge is 0.370 e. The van der Waals surface area contributed by atoms with Crippen molar-refractivity contribution in [1.29, 1.82) is 0 Å². The van der Waals surface area contributed by atoms with E-state index in [4.69, 9.17) is 16.3 Å². The van der Waals surface area contributed by atoms with E-state index in [0.717, 1.165) is 47.4 Å².